The molecule has 2 rings (SSSR count). The molecule has 0 N–H and O–H groups in total. The molecule has 0 bridgehead atoms. The summed E-state index contributed by atoms with van der Waals surface area (Å²) in [6.45, 7) is 0. The van der Waals surface area contributed by atoms with Crippen molar-refractivity contribution in [3.8, 4) is 11.8 Å². The lowest BCUT2D eigenvalue weighted by Gasteiger charge is -2.12. The summed E-state index contributed by atoms with van der Waals surface area (Å²) < 4.78 is 18.9. The minimum absolute atomic E-state index is 0.0993. The molecule has 3 nitrogen and oxygen atoms in total. The van der Waals surface area contributed by atoms with Crippen LogP contribution in [0.5, 0.6) is 5.75 Å². The topological polar surface area (TPSA) is 50.1 Å². The number of ether oxygens (including phenoxy) is 1. The molecule has 106 valence electrons. The number of hydrogen-bond donors (Lipinski definition) is 0. The zero-order valence-corrected chi connectivity index (χ0v) is 11.9. The van der Waals surface area contributed by atoms with Crippen LogP contribution in [-0.2, 0) is 0 Å². The van der Waals surface area contributed by atoms with Crippen molar-refractivity contribution in [1.29, 1.82) is 5.26 Å². The Hall–Kier alpha value is -2.38. The molecule has 0 amide bonds. The Morgan fingerprint density at radius 3 is 2.67 bits per heavy atom. The molecule has 0 heterocycles. The van der Waals surface area contributed by atoms with E-state index in [9.17, 15) is 14.4 Å². The Morgan fingerprint density at radius 2 is 2.05 bits per heavy atom. The molecule has 2 aromatic rings. The molecule has 0 saturated carbocycles. The standard InChI is InChI=1S/C16H11ClFNO2/c1-21-14-7-3-6-13(18)15(14)16(20)12(9-19)10-4-2-5-11(17)8-10/h2-8,12H,1H3. The van der Waals surface area contributed by atoms with E-state index in [1.807, 2.05) is 6.07 Å². The monoisotopic (exact) mass is 303 g/mol. The van der Waals surface area contributed by atoms with Crippen LogP contribution in [0, 0.1) is 17.1 Å². The molecule has 0 fully saturated rings. The fourth-order valence-corrected chi connectivity index (χ4v) is 2.23. The van der Waals surface area contributed by atoms with Crippen molar-refractivity contribution in [3.63, 3.8) is 0 Å². The van der Waals surface area contributed by atoms with E-state index in [2.05, 4.69) is 0 Å². The normalized spacial score (nSPS) is 11.5. The first-order valence-electron chi connectivity index (χ1n) is 6.10. The predicted octanol–water partition coefficient (Wildman–Crippen LogP) is 3.98. The van der Waals surface area contributed by atoms with E-state index in [4.69, 9.17) is 16.3 Å². The van der Waals surface area contributed by atoms with Crippen LogP contribution >= 0.6 is 11.6 Å². The summed E-state index contributed by atoms with van der Waals surface area (Å²) in [7, 11) is 1.34. The molecule has 0 aliphatic carbocycles. The highest BCUT2D eigenvalue weighted by molar-refractivity contribution is 6.30. The first kappa shape index (κ1) is 15.0. The van der Waals surface area contributed by atoms with Gasteiger partial charge in [-0.15, -0.1) is 0 Å². The van der Waals surface area contributed by atoms with Crippen molar-refractivity contribution in [3.05, 3.63) is 64.4 Å². The van der Waals surface area contributed by atoms with E-state index in [0.717, 1.165) is 6.07 Å². The number of benzene rings is 2. The van der Waals surface area contributed by atoms with Gasteiger partial charge in [0.15, 0.2) is 5.78 Å². The fraction of sp³-hybridized carbons (Fsp3) is 0.125. The summed E-state index contributed by atoms with van der Waals surface area (Å²) in [5.74, 6) is -2.42. The number of carbonyl (C=O) groups is 1. The Labute approximate surface area is 126 Å². The number of hydrogen-bond acceptors (Lipinski definition) is 3. The maximum atomic E-state index is 13.9. The molecular weight excluding hydrogens is 293 g/mol. The fourth-order valence-electron chi connectivity index (χ4n) is 2.03. The van der Waals surface area contributed by atoms with Gasteiger partial charge in [0.25, 0.3) is 0 Å². The smallest absolute Gasteiger partial charge is 0.191 e. The van der Waals surface area contributed by atoms with E-state index in [0.29, 0.717) is 10.6 Å². The van der Waals surface area contributed by atoms with Crippen LogP contribution in [-0.4, -0.2) is 12.9 Å². The van der Waals surface area contributed by atoms with Gasteiger partial charge in [0.2, 0.25) is 0 Å². The number of nitriles is 1. The van der Waals surface area contributed by atoms with Gasteiger partial charge >= 0.3 is 0 Å². The second-order valence-electron chi connectivity index (χ2n) is 4.30. The second kappa shape index (κ2) is 6.38. The number of Topliss-reactive ketones (excluding diaryl/α,β-unsaturated/α-hetero) is 1. The molecule has 0 aromatic heterocycles. The second-order valence-corrected chi connectivity index (χ2v) is 4.73. The van der Waals surface area contributed by atoms with E-state index < -0.39 is 17.5 Å². The van der Waals surface area contributed by atoms with Crippen molar-refractivity contribution in [2.45, 2.75) is 5.92 Å². The summed E-state index contributed by atoms with van der Waals surface area (Å²) in [5.41, 5.74) is 0.187. The third kappa shape index (κ3) is 3.04. The van der Waals surface area contributed by atoms with Crippen molar-refractivity contribution in [1.82, 2.24) is 0 Å². The van der Waals surface area contributed by atoms with Crippen LogP contribution in [0.3, 0.4) is 0 Å². The molecule has 0 aliphatic rings. The van der Waals surface area contributed by atoms with E-state index >= 15 is 0 Å². The van der Waals surface area contributed by atoms with Crippen molar-refractivity contribution in [2.24, 2.45) is 0 Å². The van der Waals surface area contributed by atoms with Crippen molar-refractivity contribution in [2.75, 3.05) is 7.11 Å². The van der Waals surface area contributed by atoms with Crippen LogP contribution in [0.25, 0.3) is 0 Å². The Morgan fingerprint density at radius 1 is 1.33 bits per heavy atom. The van der Waals surface area contributed by atoms with Gasteiger partial charge < -0.3 is 4.74 Å². The number of carbonyl (C=O) groups excluding carboxylic acids is 1. The van der Waals surface area contributed by atoms with E-state index in [1.54, 1.807) is 18.2 Å². The zero-order chi connectivity index (χ0) is 15.4. The molecule has 21 heavy (non-hydrogen) atoms. The average molecular weight is 304 g/mol. The summed E-state index contributed by atoms with van der Waals surface area (Å²) in [4.78, 5) is 12.5. The van der Waals surface area contributed by atoms with Gasteiger partial charge in [0.05, 0.1) is 18.7 Å². The lowest BCUT2D eigenvalue weighted by molar-refractivity contribution is 0.0971. The average Bonchev–Trinajstić information content (AvgIpc) is 2.47. The Balaban J connectivity index is 2.50. The number of halogens is 2. The third-order valence-corrected chi connectivity index (χ3v) is 3.25. The molecule has 5 heteroatoms. The highest BCUT2D eigenvalue weighted by Gasteiger charge is 2.27. The highest BCUT2D eigenvalue weighted by atomic mass is 35.5. The van der Waals surface area contributed by atoms with Gasteiger partial charge in [0.1, 0.15) is 17.5 Å². The maximum Gasteiger partial charge on any atom is 0.191 e. The predicted molar refractivity (Wildman–Crippen MR) is 77.1 cm³/mol. The largest absolute Gasteiger partial charge is 0.496 e. The Kier molecular flexibility index (Phi) is 4.56. The summed E-state index contributed by atoms with van der Waals surface area (Å²) in [6.07, 6.45) is 0. The lowest BCUT2D eigenvalue weighted by atomic mass is 9.91. The minimum atomic E-state index is -1.14. The first-order valence-corrected chi connectivity index (χ1v) is 6.48. The molecule has 1 atom stereocenters. The molecule has 0 spiro atoms. The third-order valence-electron chi connectivity index (χ3n) is 3.01. The van der Waals surface area contributed by atoms with Crippen LogP contribution < -0.4 is 4.74 Å². The van der Waals surface area contributed by atoms with Gasteiger partial charge in [-0.1, -0.05) is 29.8 Å². The van der Waals surface area contributed by atoms with Crippen LogP contribution in [0.4, 0.5) is 4.39 Å². The molecule has 0 saturated heterocycles. The van der Waals surface area contributed by atoms with Crippen LogP contribution in [0.2, 0.25) is 5.02 Å². The Bertz CT molecular complexity index is 724. The lowest BCUT2D eigenvalue weighted by Crippen LogP contribution is -2.14. The molecule has 1 unspecified atom stereocenters. The van der Waals surface area contributed by atoms with Gasteiger partial charge in [-0.05, 0) is 29.8 Å². The zero-order valence-electron chi connectivity index (χ0n) is 11.1. The van der Waals surface area contributed by atoms with Crippen LogP contribution in [0.1, 0.15) is 21.8 Å². The minimum Gasteiger partial charge on any atom is -0.496 e. The van der Waals surface area contributed by atoms with Crippen molar-refractivity contribution < 1.29 is 13.9 Å². The number of rotatable bonds is 4. The quantitative estimate of drug-likeness (QED) is 0.803. The SMILES string of the molecule is COc1cccc(F)c1C(=O)C(C#N)c1cccc(Cl)c1. The first-order chi connectivity index (χ1) is 10.1. The molecule has 0 radical (unpaired) electrons. The summed E-state index contributed by atoms with van der Waals surface area (Å²) >= 11 is 5.87. The molecular formula is C16H11ClFNO2. The summed E-state index contributed by atoms with van der Waals surface area (Å²) in [5, 5.41) is 9.68. The number of ketones is 1. The van der Waals surface area contributed by atoms with E-state index in [1.165, 1.54) is 25.3 Å². The molecule has 2 aromatic carbocycles. The van der Waals surface area contributed by atoms with Crippen molar-refractivity contribution >= 4 is 17.4 Å². The molecule has 0 aliphatic heterocycles. The van der Waals surface area contributed by atoms with Gasteiger partial charge in [-0.25, -0.2) is 4.39 Å². The number of methoxy groups -OCH3 is 1. The van der Waals surface area contributed by atoms with Crippen LogP contribution in [0.15, 0.2) is 42.5 Å². The maximum absolute atomic E-state index is 13.9. The highest BCUT2D eigenvalue weighted by Crippen LogP contribution is 2.29. The number of nitrogens with zero attached hydrogens (tertiary/aromatic N) is 1. The van der Waals surface area contributed by atoms with Gasteiger partial charge in [0, 0.05) is 5.02 Å². The van der Waals surface area contributed by atoms with E-state index in [-0.39, 0.29) is 11.3 Å². The van der Waals surface area contributed by atoms with Gasteiger partial charge in [-0.3, -0.25) is 4.79 Å². The summed E-state index contributed by atoms with van der Waals surface area (Å²) in [6, 6.07) is 12.3. The van der Waals surface area contributed by atoms with Gasteiger partial charge in [-0.2, -0.15) is 5.26 Å².